The molecule has 0 aliphatic carbocycles. The van der Waals surface area contributed by atoms with Crippen LogP contribution < -0.4 is 10.6 Å². The Kier molecular flexibility index (Phi) is 5.95. The van der Waals surface area contributed by atoms with Gasteiger partial charge in [-0.3, -0.25) is 14.4 Å². The molecule has 136 valence electrons. The number of amides is 2. The van der Waals surface area contributed by atoms with E-state index in [4.69, 9.17) is 4.74 Å². The van der Waals surface area contributed by atoms with Crippen molar-refractivity contribution < 1.29 is 19.1 Å². The van der Waals surface area contributed by atoms with E-state index in [1.54, 1.807) is 0 Å². The molecule has 0 radical (unpaired) electrons. The van der Waals surface area contributed by atoms with Crippen molar-refractivity contribution in [3.8, 4) is 0 Å². The van der Waals surface area contributed by atoms with E-state index in [1.807, 2.05) is 41.8 Å². The zero-order valence-corrected chi connectivity index (χ0v) is 15.7. The van der Waals surface area contributed by atoms with Crippen LogP contribution in [0.5, 0.6) is 0 Å². The van der Waals surface area contributed by atoms with Gasteiger partial charge < -0.3 is 15.4 Å². The molecule has 0 saturated carbocycles. The van der Waals surface area contributed by atoms with Crippen LogP contribution in [-0.4, -0.2) is 29.1 Å². The zero-order valence-electron chi connectivity index (χ0n) is 14.1. The van der Waals surface area contributed by atoms with Crippen LogP contribution in [0.3, 0.4) is 0 Å². The maximum absolute atomic E-state index is 12.1. The normalized spacial score (nSPS) is 17.0. The van der Waals surface area contributed by atoms with E-state index in [1.165, 1.54) is 30.0 Å². The van der Waals surface area contributed by atoms with Crippen LogP contribution in [0, 0.1) is 0 Å². The van der Waals surface area contributed by atoms with Gasteiger partial charge in [0.1, 0.15) is 0 Å². The molecule has 1 aliphatic rings. The second-order valence-electron chi connectivity index (χ2n) is 5.73. The van der Waals surface area contributed by atoms with Crippen molar-refractivity contribution in [2.75, 3.05) is 5.32 Å². The van der Waals surface area contributed by atoms with Gasteiger partial charge in [-0.05, 0) is 30.5 Å². The summed E-state index contributed by atoms with van der Waals surface area (Å²) in [7, 11) is 0. The van der Waals surface area contributed by atoms with Crippen LogP contribution in [-0.2, 0) is 25.7 Å². The van der Waals surface area contributed by atoms with E-state index < -0.39 is 17.3 Å². The van der Waals surface area contributed by atoms with Gasteiger partial charge in [-0.1, -0.05) is 18.2 Å². The van der Waals surface area contributed by atoms with Gasteiger partial charge in [-0.15, -0.1) is 23.1 Å². The predicted molar refractivity (Wildman–Crippen MR) is 101 cm³/mol. The lowest BCUT2D eigenvalue weighted by Gasteiger charge is -2.23. The minimum Gasteiger partial charge on any atom is -0.453 e. The van der Waals surface area contributed by atoms with Crippen molar-refractivity contribution in [3.05, 3.63) is 46.7 Å². The van der Waals surface area contributed by atoms with Crippen LogP contribution in [0.1, 0.15) is 18.2 Å². The number of rotatable bonds is 6. The van der Waals surface area contributed by atoms with E-state index in [9.17, 15) is 14.4 Å². The van der Waals surface area contributed by atoms with Gasteiger partial charge in [-0.2, -0.15) is 0 Å². The molecular formula is C18H18N2O4S2. The zero-order chi connectivity index (χ0) is 18.5. The van der Waals surface area contributed by atoms with Gasteiger partial charge in [0.25, 0.3) is 5.91 Å². The molecule has 0 saturated heterocycles. The highest BCUT2D eigenvalue weighted by Gasteiger charge is 2.30. The lowest BCUT2D eigenvalue weighted by Crippen LogP contribution is -2.37. The number of benzene rings is 1. The van der Waals surface area contributed by atoms with Crippen molar-refractivity contribution in [1.29, 1.82) is 0 Å². The summed E-state index contributed by atoms with van der Waals surface area (Å²) >= 11 is 2.86. The summed E-state index contributed by atoms with van der Waals surface area (Å²) in [6, 6.07) is 11.2. The molecule has 3 rings (SSSR count). The highest BCUT2D eigenvalue weighted by atomic mass is 32.2. The molecule has 0 fully saturated rings. The first kappa shape index (κ1) is 18.5. The first-order valence-electron chi connectivity index (χ1n) is 8.09. The van der Waals surface area contributed by atoms with E-state index in [0.29, 0.717) is 6.54 Å². The Morgan fingerprint density at radius 1 is 1.27 bits per heavy atom. The maximum Gasteiger partial charge on any atom is 0.308 e. The molecule has 6 nitrogen and oxygen atoms in total. The standard InChI is InChI=1S/C18H18N2O4S2/c1-11(17(22)19-10-12-5-4-8-25-12)24-16(21)9-15-18(23)20-13-6-2-3-7-14(13)26-15/h2-8,11,15H,9-10H2,1H3,(H,19,22)(H,20,23)/t11-,15+/m1/s1. The third kappa shape index (κ3) is 4.64. The Balaban J connectivity index is 1.49. The first-order valence-corrected chi connectivity index (χ1v) is 9.85. The second kappa shape index (κ2) is 8.37. The fourth-order valence-corrected chi connectivity index (χ4v) is 4.15. The quantitative estimate of drug-likeness (QED) is 0.741. The molecule has 1 aromatic carbocycles. The smallest absolute Gasteiger partial charge is 0.308 e. The van der Waals surface area contributed by atoms with Gasteiger partial charge in [0, 0.05) is 9.77 Å². The van der Waals surface area contributed by atoms with E-state index >= 15 is 0 Å². The number of anilines is 1. The number of carbonyl (C=O) groups excluding carboxylic acids is 3. The molecule has 0 bridgehead atoms. The van der Waals surface area contributed by atoms with Crippen molar-refractivity contribution in [3.63, 3.8) is 0 Å². The first-order chi connectivity index (χ1) is 12.5. The summed E-state index contributed by atoms with van der Waals surface area (Å²) in [5.41, 5.74) is 0.744. The Morgan fingerprint density at radius 2 is 2.08 bits per heavy atom. The van der Waals surface area contributed by atoms with Gasteiger partial charge in [0.2, 0.25) is 5.91 Å². The summed E-state index contributed by atoms with van der Waals surface area (Å²) in [4.78, 5) is 38.2. The van der Waals surface area contributed by atoms with Gasteiger partial charge in [0.15, 0.2) is 6.10 Å². The Labute approximate surface area is 159 Å². The average Bonchev–Trinajstić information content (AvgIpc) is 3.13. The molecule has 1 aliphatic heterocycles. The maximum atomic E-state index is 12.1. The third-order valence-corrected chi connectivity index (χ3v) is 5.90. The van der Waals surface area contributed by atoms with Crippen LogP contribution in [0.2, 0.25) is 0 Å². The molecule has 2 N–H and O–H groups in total. The Hall–Kier alpha value is -2.32. The fraction of sp³-hybridized carbons (Fsp3) is 0.278. The molecule has 2 aromatic rings. The number of nitrogens with one attached hydrogen (secondary N) is 2. The van der Waals surface area contributed by atoms with Crippen LogP contribution in [0.25, 0.3) is 0 Å². The molecule has 1 aromatic heterocycles. The number of para-hydroxylation sites is 1. The fourth-order valence-electron chi connectivity index (χ4n) is 2.41. The van der Waals surface area contributed by atoms with Crippen LogP contribution >= 0.6 is 23.1 Å². The molecule has 2 amide bonds. The average molecular weight is 390 g/mol. The SMILES string of the molecule is C[C@@H](OC(=O)C[C@@H]1Sc2ccccc2NC1=O)C(=O)NCc1cccs1. The van der Waals surface area contributed by atoms with Crippen molar-refractivity contribution in [1.82, 2.24) is 5.32 Å². The Morgan fingerprint density at radius 3 is 2.85 bits per heavy atom. The van der Waals surface area contributed by atoms with Gasteiger partial charge >= 0.3 is 5.97 Å². The van der Waals surface area contributed by atoms with Gasteiger partial charge in [-0.25, -0.2) is 0 Å². The summed E-state index contributed by atoms with van der Waals surface area (Å²) in [6.45, 7) is 1.92. The highest BCUT2D eigenvalue weighted by Crippen LogP contribution is 2.36. The number of hydrogen-bond acceptors (Lipinski definition) is 6. The van der Waals surface area contributed by atoms with Crippen molar-refractivity contribution in [2.45, 2.75) is 36.1 Å². The number of ether oxygens (including phenoxy) is 1. The van der Waals surface area contributed by atoms with E-state index in [-0.39, 0.29) is 18.2 Å². The molecule has 2 heterocycles. The summed E-state index contributed by atoms with van der Waals surface area (Å²) < 4.78 is 5.18. The highest BCUT2D eigenvalue weighted by molar-refractivity contribution is 8.01. The van der Waals surface area contributed by atoms with Gasteiger partial charge in [0.05, 0.1) is 23.9 Å². The molecule has 0 unspecified atom stereocenters. The number of esters is 1. The van der Waals surface area contributed by atoms with Crippen LogP contribution in [0.15, 0.2) is 46.7 Å². The summed E-state index contributed by atoms with van der Waals surface area (Å²) in [5, 5.41) is 6.86. The number of carbonyl (C=O) groups is 3. The topological polar surface area (TPSA) is 84.5 Å². The molecular weight excluding hydrogens is 372 g/mol. The molecule has 8 heteroatoms. The summed E-state index contributed by atoms with van der Waals surface area (Å²) in [5.74, 6) is -1.17. The lowest BCUT2D eigenvalue weighted by molar-refractivity contribution is -0.155. The third-order valence-electron chi connectivity index (χ3n) is 3.75. The minimum atomic E-state index is -0.911. The largest absolute Gasteiger partial charge is 0.453 e. The Bertz CT molecular complexity index is 807. The van der Waals surface area contributed by atoms with Crippen molar-refractivity contribution >= 4 is 46.6 Å². The number of fused-ring (bicyclic) bond motifs is 1. The molecule has 26 heavy (non-hydrogen) atoms. The molecule has 0 spiro atoms. The summed E-state index contributed by atoms with van der Waals surface area (Å²) in [6.07, 6.45) is -1.00. The number of hydrogen-bond donors (Lipinski definition) is 2. The molecule has 2 atom stereocenters. The minimum absolute atomic E-state index is 0.0899. The second-order valence-corrected chi connectivity index (χ2v) is 8.00. The lowest BCUT2D eigenvalue weighted by atomic mass is 10.2. The number of thioether (sulfide) groups is 1. The van der Waals surface area contributed by atoms with E-state index in [0.717, 1.165) is 15.5 Å². The predicted octanol–water partition coefficient (Wildman–Crippen LogP) is 2.80. The van der Waals surface area contributed by atoms with Crippen LogP contribution in [0.4, 0.5) is 5.69 Å². The van der Waals surface area contributed by atoms with Crippen molar-refractivity contribution in [2.24, 2.45) is 0 Å². The monoisotopic (exact) mass is 390 g/mol. The van der Waals surface area contributed by atoms with E-state index in [2.05, 4.69) is 10.6 Å². The number of thiophene rings is 1.